The molecule has 1 N–H and O–H groups in total. The van der Waals surface area contributed by atoms with Crippen molar-refractivity contribution in [3.8, 4) is 16.9 Å². The van der Waals surface area contributed by atoms with Crippen molar-refractivity contribution < 1.29 is 19.0 Å². The van der Waals surface area contributed by atoms with Gasteiger partial charge in [-0.2, -0.15) is 0 Å². The normalized spacial score (nSPS) is 17.3. The lowest BCUT2D eigenvalue weighted by molar-refractivity contribution is -0.139. The third kappa shape index (κ3) is 5.01. The first kappa shape index (κ1) is 26.8. The summed E-state index contributed by atoms with van der Waals surface area (Å²) >= 11 is 0. The van der Waals surface area contributed by atoms with E-state index in [1.165, 1.54) is 12.1 Å². The minimum atomic E-state index is -0.802. The second kappa shape index (κ2) is 10.3. The fraction of sp³-hybridized carbons (Fsp3) is 0.194. The molecule has 7 rings (SSSR count). The molecular formula is C36H30FN3O3. The van der Waals surface area contributed by atoms with Gasteiger partial charge in [0.2, 0.25) is 0 Å². The van der Waals surface area contributed by atoms with Gasteiger partial charge in [-0.25, -0.2) is 14.4 Å². The number of pyridine rings is 1. The summed E-state index contributed by atoms with van der Waals surface area (Å²) < 4.78 is 21.6. The molecule has 0 aliphatic heterocycles. The molecule has 0 bridgehead atoms. The molecule has 0 radical (unpaired) electrons. The molecule has 1 aliphatic rings. The van der Waals surface area contributed by atoms with E-state index in [0.29, 0.717) is 18.9 Å². The second-order valence-electron chi connectivity index (χ2n) is 11.8. The monoisotopic (exact) mass is 571 g/mol. The fourth-order valence-corrected chi connectivity index (χ4v) is 6.18. The summed E-state index contributed by atoms with van der Waals surface area (Å²) in [6, 6.07) is 32.4. The van der Waals surface area contributed by atoms with Crippen LogP contribution in [0.5, 0.6) is 5.75 Å². The topological polar surface area (TPSA) is 77.2 Å². The molecule has 6 aromatic rings. The van der Waals surface area contributed by atoms with Gasteiger partial charge in [-0.05, 0) is 58.5 Å². The molecule has 7 heteroatoms. The van der Waals surface area contributed by atoms with E-state index in [1.807, 2.05) is 80.6 Å². The predicted molar refractivity (Wildman–Crippen MR) is 164 cm³/mol. The zero-order valence-electron chi connectivity index (χ0n) is 23.9. The van der Waals surface area contributed by atoms with Gasteiger partial charge in [0, 0.05) is 23.9 Å². The molecule has 1 fully saturated rings. The highest BCUT2D eigenvalue weighted by Crippen LogP contribution is 2.64. The molecule has 0 spiro atoms. The van der Waals surface area contributed by atoms with Crippen molar-refractivity contribution >= 4 is 27.9 Å². The van der Waals surface area contributed by atoms with Gasteiger partial charge in [0.15, 0.2) is 0 Å². The quantitative estimate of drug-likeness (QED) is 0.201. The van der Waals surface area contributed by atoms with Gasteiger partial charge in [-0.15, -0.1) is 0 Å². The number of carboxylic acids is 1. The fourth-order valence-electron chi connectivity index (χ4n) is 6.18. The molecule has 6 nitrogen and oxygen atoms in total. The number of carboxylic acid groups (broad SMARTS) is 1. The number of ether oxygens (including phenoxy) is 1. The molecule has 214 valence electrons. The van der Waals surface area contributed by atoms with Crippen LogP contribution < -0.4 is 4.74 Å². The summed E-state index contributed by atoms with van der Waals surface area (Å²) in [5, 5.41) is 11.0. The van der Waals surface area contributed by atoms with Crippen molar-refractivity contribution in [2.45, 2.75) is 32.9 Å². The molecule has 2 heterocycles. The number of nitrogens with zero attached hydrogens (tertiary/aromatic N) is 3. The first-order chi connectivity index (χ1) is 20.8. The minimum absolute atomic E-state index is 0.206. The van der Waals surface area contributed by atoms with E-state index in [4.69, 9.17) is 14.7 Å². The van der Waals surface area contributed by atoms with E-state index in [0.717, 1.165) is 50.1 Å². The second-order valence-corrected chi connectivity index (χ2v) is 11.8. The molecule has 0 saturated heterocycles. The first-order valence-electron chi connectivity index (χ1n) is 14.3. The van der Waals surface area contributed by atoms with Gasteiger partial charge in [0.25, 0.3) is 0 Å². The van der Waals surface area contributed by atoms with Gasteiger partial charge in [0.1, 0.15) is 24.0 Å². The number of rotatable bonds is 8. The Morgan fingerprint density at radius 2 is 1.60 bits per heavy atom. The zero-order valence-corrected chi connectivity index (χ0v) is 23.9. The van der Waals surface area contributed by atoms with Crippen molar-refractivity contribution in [1.29, 1.82) is 0 Å². The maximum Gasteiger partial charge on any atom is 0.307 e. The number of imidazole rings is 1. The average Bonchev–Trinajstić information content (AvgIpc) is 3.43. The Hall–Kier alpha value is -5.04. The Balaban J connectivity index is 1.19. The number of benzene rings is 4. The van der Waals surface area contributed by atoms with Crippen LogP contribution in [0.25, 0.3) is 33.1 Å². The van der Waals surface area contributed by atoms with Gasteiger partial charge < -0.3 is 14.4 Å². The van der Waals surface area contributed by atoms with Crippen LogP contribution in [-0.2, 0) is 17.9 Å². The Morgan fingerprint density at radius 3 is 2.33 bits per heavy atom. The van der Waals surface area contributed by atoms with E-state index in [2.05, 4.69) is 16.7 Å². The summed E-state index contributed by atoms with van der Waals surface area (Å²) in [6.07, 6.45) is 0. The number of para-hydroxylation sites is 1. The van der Waals surface area contributed by atoms with Gasteiger partial charge >= 0.3 is 5.97 Å². The van der Waals surface area contributed by atoms with Crippen LogP contribution >= 0.6 is 0 Å². The number of hydrogen-bond acceptors (Lipinski definition) is 4. The summed E-state index contributed by atoms with van der Waals surface area (Å²) in [4.78, 5) is 21.8. The average molecular weight is 572 g/mol. The van der Waals surface area contributed by atoms with Crippen molar-refractivity contribution in [3.63, 3.8) is 0 Å². The maximum atomic E-state index is 13.4. The molecular weight excluding hydrogens is 541 g/mol. The predicted octanol–water partition coefficient (Wildman–Crippen LogP) is 7.84. The Labute approximate surface area is 248 Å². The van der Waals surface area contributed by atoms with Crippen LogP contribution in [0.4, 0.5) is 4.39 Å². The molecule has 2 aromatic heterocycles. The molecule has 4 aromatic carbocycles. The molecule has 1 saturated carbocycles. The maximum absolute atomic E-state index is 13.4. The van der Waals surface area contributed by atoms with Crippen molar-refractivity contribution in [3.05, 3.63) is 126 Å². The zero-order chi connectivity index (χ0) is 29.7. The molecule has 1 aliphatic carbocycles. The van der Waals surface area contributed by atoms with Crippen LogP contribution in [0.3, 0.4) is 0 Å². The molecule has 43 heavy (non-hydrogen) atoms. The van der Waals surface area contributed by atoms with Crippen LogP contribution in [0, 0.1) is 17.2 Å². The van der Waals surface area contributed by atoms with Gasteiger partial charge in [-0.1, -0.05) is 74.5 Å². The van der Waals surface area contributed by atoms with E-state index < -0.39 is 17.3 Å². The number of aliphatic carboxylic acids is 1. The van der Waals surface area contributed by atoms with E-state index in [9.17, 15) is 14.3 Å². The van der Waals surface area contributed by atoms with E-state index in [1.54, 1.807) is 12.1 Å². The highest BCUT2D eigenvalue weighted by molar-refractivity contribution is 5.81. The summed E-state index contributed by atoms with van der Waals surface area (Å²) in [7, 11) is 0. The van der Waals surface area contributed by atoms with E-state index in [-0.39, 0.29) is 11.7 Å². The largest absolute Gasteiger partial charge is 0.487 e. The number of carbonyl (C=O) groups is 1. The van der Waals surface area contributed by atoms with Crippen LogP contribution in [0.1, 0.15) is 36.8 Å². The van der Waals surface area contributed by atoms with Gasteiger partial charge in [0.05, 0.1) is 28.2 Å². The Morgan fingerprint density at radius 1 is 0.884 bits per heavy atom. The first-order valence-corrected chi connectivity index (χ1v) is 14.3. The highest BCUT2D eigenvalue weighted by Gasteiger charge is 2.64. The third-order valence-electron chi connectivity index (χ3n) is 8.64. The third-order valence-corrected chi connectivity index (χ3v) is 8.64. The molecule has 2 atom stereocenters. The summed E-state index contributed by atoms with van der Waals surface area (Å²) in [6.45, 7) is 4.84. The number of hydrogen-bond donors (Lipinski definition) is 1. The Kier molecular flexibility index (Phi) is 6.46. The van der Waals surface area contributed by atoms with Crippen LogP contribution in [0.15, 0.2) is 103 Å². The lowest BCUT2D eigenvalue weighted by Gasteiger charge is -2.12. The van der Waals surface area contributed by atoms with Gasteiger partial charge in [-0.3, -0.25) is 4.79 Å². The van der Waals surface area contributed by atoms with Crippen molar-refractivity contribution in [2.24, 2.45) is 11.3 Å². The highest BCUT2D eigenvalue weighted by atomic mass is 19.1. The minimum Gasteiger partial charge on any atom is -0.487 e. The number of halogens is 1. The number of fused-ring (bicyclic) bond motifs is 2. The smallest absolute Gasteiger partial charge is 0.307 e. The molecule has 0 unspecified atom stereocenters. The standard InChI is InChI=1S/C36H30FN3O3/c1-36(2)32(33(36)35(41)42)34-39-30-19-28(43-21-27-16-13-25-5-3-4-6-29(25)38-27)17-18-31(30)40(34)20-22-7-9-23(10-8-22)24-11-14-26(37)15-12-24/h3-19,32-33H,20-21H2,1-2H3,(H,41,42)/t32-,33+/m1/s1. The van der Waals surface area contributed by atoms with Crippen molar-refractivity contribution in [1.82, 2.24) is 14.5 Å². The van der Waals surface area contributed by atoms with Crippen LogP contribution in [0.2, 0.25) is 0 Å². The van der Waals surface area contributed by atoms with E-state index >= 15 is 0 Å². The van der Waals surface area contributed by atoms with Crippen molar-refractivity contribution in [2.75, 3.05) is 0 Å². The Bertz CT molecular complexity index is 1980. The summed E-state index contributed by atoms with van der Waals surface area (Å²) in [5.74, 6) is -0.332. The SMILES string of the molecule is CC1(C)[C@H](C(=O)O)[C@@H]1c1nc2cc(OCc3ccc4ccccc4n3)ccc2n1Cc1ccc(-c2ccc(F)cc2)cc1. The number of aromatic nitrogens is 3. The molecule has 0 amide bonds. The summed E-state index contributed by atoms with van der Waals surface area (Å²) in [5.41, 5.74) is 6.02. The lowest BCUT2D eigenvalue weighted by Crippen LogP contribution is -2.07. The lowest BCUT2D eigenvalue weighted by atomic mass is 10.0. The van der Waals surface area contributed by atoms with Crippen LogP contribution in [-0.4, -0.2) is 25.6 Å².